The number of anilines is 3. The zero-order chi connectivity index (χ0) is 44.6. The quantitative estimate of drug-likeness (QED) is 0.155. The Morgan fingerprint density at radius 1 is 0.418 bits per heavy atom. The first-order valence-corrected chi connectivity index (χ1v) is 24.5. The van der Waals surface area contributed by atoms with Crippen molar-refractivity contribution in [1.29, 1.82) is 0 Å². The summed E-state index contributed by atoms with van der Waals surface area (Å²) in [5.74, 6) is 2.91. The van der Waals surface area contributed by atoms with Crippen molar-refractivity contribution >= 4 is 38.9 Å². The Morgan fingerprint density at radius 3 is 1.70 bits per heavy atom. The minimum atomic E-state index is 0.0550. The molecule has 0 saturated heterocycles. The Bertz CT molecular complexity index is 3430. The second kappa shape index (κ2) is 15.9. The number of para-hydroxylation sites is 2. The SMILES string of the molecule is CC1CC2CC(C)C3(c4ccccc4-c4cccc(-c5ccc(-c6ccc(N(c7ccc(-c8ccccc8)cc7)c7ccc8c(c7)c7ccccc7n8-c7ccccc7)cc6)cc5)c43)C(C1)C2. The molecule has 67 heavy (non-hydrogen) atoms. The van der Waals surface area contributed by atoms with Crippen molar-refractivity contribution in [3.8, 4) is 50.2 Å². The van der Waals surface area contributed by atoms with Crippen molar-refractivity contribution in [3.05, 3.63) is 230 Å². The van der Waals surface area contributed by atoms with Gasteiger partial charge in [0.15, 0.2) is 0 Å². The number of fused-ring (bicyclic) bond motifs is 11. The molecule has 0 amide bonds. The normalized spacial score (nSPS) is 20.5. The third-order valence-corrected chi connectivity index (χ3v) is 16.1. The van der Waals surface area contributed by atoms with Gasteiger partial charge in [-0.15, -0.1) is 0 Å². The van der Waals surface area contributed by atoms with Gasteiger partial charge >= 0.3 is 0 Å². The molecule has 10 aromatic rings. The van der Waals surface area contributed by atoms with E-state index in [1.807, 2.05) is 0 Å². The van der Waals surface area contributed by atoms with E-state index in [1.54, 1.807) is 11.1 Å². The van der Waals surface area contributed by atoms with Gasteiger partial charge in [0.2, 0.25) is 0 Å². The Balaban J connectivity index is 0.878. The number of aromatic nitrogens is 1. The first-order valence-electron chi connectivity index (χ1n) is 24.5. The summed E-state index contributed by atoms with van der Waals surface area (Å²) in [6.45, 7) is 5.09. The molecule has 2 saturated carbocycles. The van der Waals surface area contributed by atoms with Crippen molar-refractivity contribution in [1.82, 2.24) is 4.57 Å². The van der Waals surface area contributed by atoms with E-state index < -0.39 is 0 Å². The van der Waals surface area contributed by atoms with Gasteiger partial charge in [-0.05, 0) is 166 Å². The molecule has 2 bridgehead atoms. The van der Waals surface area contributed by atoms with Gasteiger partial charge < -0.3 is 9.47 Å². The second-order valence-corrected chi connectivity index (χ2v) is 19.9. The van der Waals surface area contributed by atoms with E-state index in [4.69, 9.17) is 0 Å². The van der Waals surface area contributed by atoms with Gasteiger partial charge in [-0.1, -0.05) is 172 Å². The standard InChI is InChI=1S/C65H54N2/c1-43-38-45-40-44(2)65(51(39-43)41-45)61-22-11-9-18-57(61)59-21-13-20-56(64(59)65)50-26-24-47(25-27-50)49-30-34-54(35-31-49)66(53-32-28-48(29-33-53)46-14-5-3-6-15-46)55-36-37-63-60(42-55)58-19-10-12-23-62(58)67(63)52-16-7-4-8-17-52/h3-37,42-45,51H,38-41H2,1-2H3. The van der Waals surface area contributed by atoms with Crippen LogP contribution in [-0.2, 0) is 5.41 Å². The van der Waals surface area contributed by atoms with E-state index in [0.29, 0.717) is 11.8 Å². The lowest BCUT2D eigenvalue weighted by molar-refractivity contribution is 0.0429. The molecule has 1 aromatic heterocycles. The van der Waals surface area contributed by atoms with E-state index in [9.17, 15) is 0 Å². The maximum absolute atomic E-state index is 2.58. The zero-order valence-electron chi connectivity index (χ0n) is 38.3. The smallest absolute Gasteiger partial charge is 0.0542 e. The first-order chi connectivity index (χ1) is 33.0. The number of nitrogens with zero attached hydrogens (tertiary/aromatic N) is 2. The largest absolute Gasteiger partial charge is 0.310 e. The molecule has 0 radical (unpaired) electrons. The van der Waals surface area contributed by atoms with Gasteiger partial charge in [-0.3, -0.25) is 0 Å². The Labute approximate surface area is 394 Å². The van der Waals surface area contributed by atoms with Crippen LogP contribution < -0.4 is 4.90 Å². The fraction of sp³-hybridized carbons (Fsp3) is 0.169. The molecule has 3 aliphatic carbocycles. The predicted octanol–water partition coefficient (Wildman–Crippen LogP) is 17.6. The average Bonchev–Trinajstić information content (AvgIpc) is 3.88. The highest BCUT2D eigenvalue weighted by atomic mass is 15.1. The molecule has 324 valence electrons. The molecule has 5 unspecified atom stereocenters. The Morgan fingerprint density at radius 2 is 0.970 bits per heavy atom. The molecule has 2 heteroatoms. The fourth-order valence-electron chi connectivity index (χ4n) is 13.5. The molecular formula is C65H54N2. The lowest BCUT2D eigenvalue weighted by Gasteiger charge is -2.54. The van der Waals surface area contributed by atoms with Crippen molar-refractivity contribution in [3.63, 3.8) is 0 Å². The van der Waals surface area contributed by atoms with Gasteiger partial charge in [0, 0.05) is 38.9 Å². The van der Waals surface area contributed by atoms with Gasteiger partial charge in [-0.25, -0.2) is 0 Å². The van der Waals surface area contributed by atoms with Crippen LogP contribution in [0.1, 0.15) is 50.7 Å². The van der Waals surface area contributed by atoms with Gasteiger partial charge in [0.05, 0.1) is 11.0 Å². The minimum Gasteiger partial charge on any atom is -0.310 e. The third-order valence-electron chi connectivity index (χ3n) is 16.1. The number of benzene rings is 9. The van der Waals surface area contributed by atoms with Crippen LogP contribution in [0.25, 0.3) is 72.0 Å². The maximum atomic E-state index is 2.58. The summed E-state index contributed by atoms with van der Waals surface area (Å²) < 4.78 is 2.39. The molecular weight excluding hydrogens is 809 g/mol. The third kappa shape index (κ3) is 6.37. The molecule has 2 nitrogen and oxygen atoms in total. The van der Waals surface area contributed by atoms with E-state index >= 15 is 0 Å². The highest BCUT2D eigenvalue weighted by Crippen LogP contribution is 2.66. The monoisotopic (exact) mass is 862 g/mol. The fourth-order valence-corrected chi connectivity index (χ4v) is 13.5. The number of hydrogen-bond acceptors (Lipinski definition) is 1. The van der Waals surface area contributed by atoms with Gasteiger partial charge in [0.1, 0.15) is 0 Å². The number of hydrogen-bond donors (Lipinski definition) is 0. The van der Waals surface area contributed by atoms with Crippen molar-refractivity contribution in [2.45, 2.75) is 44.9 Å². The molecule has 0 aliphatic heterocycles. The summed E-state index contributed by atoms with van der Waals surface area (Å²) in [7, 11) is 0. The maximum Gasteiger partial charge on any atom is 0.0542 e. The van der Waals surface area contributed by atoms with Crippen LogP contribution in [0.15, 0.2) is 218 Å². The van der Waals surface area contributed by atoms with Crippen LogP contribution in [0.4, 0.5) is 17.1 Å². The first kappa shape index (κ1) is 39.9. The predicted molar refractivity (Wildman–Crippen MR) is 282 cm³/mol. The van der Waals surface area contributed by atoms with E-state index in [2.05, 4.69) is 242 Å². The van der Waals surface area contributed by atoms with Crippen LogP contribution in [0.3, 0.4) is 0 Å². The molecule has 1 heterocycles. The minimum absolute atomic E-state index is 0.0550. The van der Waals surface area contributed by atoms with E-state index in [-0.39, 0.29) is 5.41 Å². The van der Waals surface area contributed by atoms with E-state index in [0.717, 1.165) is 34.6 Å². The summed E-state index contributed by atoms with van der Waals surface area (Å²) in [6, 6.07) is 81.3. The average molecular weight is 863 g/mol. The van der Waals surface area contributed by atoms with Crippen LogP contribution >= 0.6 is 0 Å². The summed E-state index contributed by atoms with van der Waals surface area (Å²) in [5.41, 5.74) is 20.6. The Kier molecular flexibility index (Phi) is 9.46. The summed E-state index contributed by atoms with van der Waals surface area (Å²) in [4.78, 5) is 2.40. The molecule has 5 atom stereocenters. The van der Waals surface area contributed by atoms with Gasteiger partial charge in [-0.2, -0.15) is 0 Å². The Hall–Kier alpha value is -7.42. The second-order valence-electron chi connectivity index (χ2n) is 19.9. The van der Waals surface area contributed by atoms with Crippen LogP contribution in [0.5, 0.6) is 0 Å². The lowest BCUT2D eigenvalue weighted by atomic mass is 9.49. The van der Waals surface area contributed by atoms with Crippen molar-refractivity contribution in [2.75, 3.05) is 4.90 Å². The van der Waals surface area contributed by atoms with Crippen LogP contribution in [0, 0.1) is 23.7 Å². The highest BCUT2D eigenvalue weighted by molar-refractivity contribution is 6.10. The summed E-state index contributed by atoms with van der Waals surface area (Å²) >= 11 is 0. The molecule has 2 fully saturated rings. The molecule has 3 aliphatic rings. The van der Waals surface area contributed by atoms with Crippen molar-refractivity contribution < 1.29 is 0 Å². The van der Waals surface area contributed by atoms with Crippen molar-refractivity contribution in [2.24, 2.45) is 23.7 Å². The highest BCUT2D eigenvalue weighted by Gasteiger charge is 2.57. The topological polar surface area (TPSA) is 8.17 Å². The summed E-state index contributed by atoms with van der Waals surface area (Å²) in [5, 5.41) is 2.47. The molecule has 1 spiro atoms. The molecule has 0 N–H and O–H groups in total. The van der Waals surface area contributed by atoms with Crippen LogP contribution in [0.2, 0.25) is 0 Å². The number of rotatable bonds is 7. The zero-order valence-corrected chi connectivity index (χ0v) is 38.3. The molecule has 13 rings (SSSR count). The van der Waals surface area contributed by atoms with Gasteiger partial charge in [0.25, 0.3) is 0 Å². The van der Waals surface area contributed by atoms with E-state index in [1.165, 1.54) is 92.0 Å². The molecule has 9 aromatic carbocycles. The lowest BCUT2D eigenvalue weighted by Crippen LogP contribution is -2.49. The van der Waals surface area contributed by atoms with Crippen LogP contribution in [-0.4, -0.2) is 4.57 Å². The summed E-state index contributed by atoms with van der Waals surface area (Å²) in [6.07, 6.45) is 5.39.